The van der Waals surface area contributed by atoms with Crippen LogP contribution in [0.1, 0.15) is 5.56 Å². The molecule has 0 amide bonds. The number of benzene rings is 1. The first-order valence-corrected chi connectivity index (χ1v) is 4.09. The molecule has 62 valence electrons. The van der Waals surface area contributed by atoms with Gasteiger partial charge >= 0.3 is 0 Å². The molecule has 0 bridgehead atoms. The van der Waals surface area contributed by atoms with E-state index >= 15 is 0 Å². The van der Waals surface area contributed by atoms with Gasteiger partial charge in [-0.2, -0.15) is 0 Å². The zero-order valence-corrected chi connectivity index (χ0v) is 7.12. The minimum absolute atomic E-state index is 0.976. The second kappa shape index (κ2) is 2.99. The first-order chi connectivity index (χ1) is 5.86. The highest BCUT2D eigenvalue weighted by atomic mass is 15.5. The Morgan fingerprint density at radius 2 is 2.00 bits per heavy atom. The molecule has 1 heterocycles. The van der Waals surface area contributed by atoms with Crippen molar-refractivity contribution in [3.8, 4) is 0 Å². The van der Waals surface area contributed by atoms with Crippen molar-refractivity contribution < 1.29 is 0 Å². The molecule has 0 unspecified atom stereocenters. The van der Waals surface area contributed by atoms with Crippen LogP contribution >= 0.6 is 0 Å². The zero-order chi connectivity index (χ0) is 8.39. The van der Waals surface area contributed by atoms with Crippen LogP contribution in [0.3, 0.4) is 0 Å². The molecule has 1 aromatic rings. The Balaban J connectivity index is 2.22. The van der Waals surface area contributed by atoms with Crippen molar-refractivity contribution in [1.29, 1.82) is 0 Å². The third-order valence-corrected chi connectivity index (χ3v) is 1.97. The van der Waals surface area contributed by atoms with E-state index in [1.807, 2.05) is 13.1 Å². The maximum atomic E-state index is 3.26. The molecular weight excluding hydrogens is 148 g/mol. The molecule has 0 saturated carbocycles. The normalized spacial score (nSPS) is 17.2. The molecule has 1 aliphatic rings. The van der Waals surface area contributed by atoms with Gasteiger partial charge in [-0.25, -0.2) is 5.01 Å². The van der Waals surface area contributed by atoms with E-state index in [-0.39, 0.29) is 0 Å². The molecule has 0 radical (unpaired) electrons. The summed E-state index contributed by atoms with van der Waals surface area (Å²) in [6, 6.07) is 10.4. The quantitative estimate of drug-likeness (QED) is 0.669. The van der Waals surface area contributed by atoms with Crippen LogP contribution in [-0.2, 0) is 0 Å². The predicted octanol–water partition coefficient (Wildman–Crippen LogP) is 1.48. The Bertz CT molecular complexity index is 290. The molecule has 0 fully saturated rings. The zero-order valence-electron chi connectivity index (χ0n) is 7.12. The number of nitrogens with zero attached hydrogens (tertiary/aromatic N) is 1. The highest BCUT2D eigenvalue weighted by Gasteiger charge is 2.08. The number of hydrazine groups is 1. The Hall–Kier alpha value is -1.28. The number of hydrogen-bond donors (Lipinski definition) is 1. The van der Waals surface area contributed by atoms with Crippen LogP contribution in [-0.4, -0.2) is 18.6 Å². The molecule has 0 spiro atoms. The predicted molar refractivity (Wildman–Crippen MR) is 50.2 cm³/mol. The second-order valence-electron chi connectivity index (χ2n) is 2.98. The van der Waals surface area contributed by atoms with Crippen LogP contribution in [0, 0.1) is 0 Å². The van der Waals surface area contributed by atoms with Gasteiger partial charge in [-0.15, -0.1) is 0 Å². The molecular formula is C10H12N2. The highest BCUT2D eigenvalue weighted by Crippen LogP contribution is 2.14. The number of likely N-dealkylation sites (N-methyl/N-ethyl adjacent to an activating group) is 1. The lowest BCUT2D eigenvalue weighted by molar-refractivity contribution is 0.338. The SMILES string of the molecule is CN1CC=C(c2ccccc2)N1. The van der Waals surface area contributed by atoms with E-state index in [4.69, 9.17) is 0 Å². The molecule has 2 nitrogen and oxygen atoms in total. The van der Waals surface area contributed by atoms with Gasteiger partial charge < -0.3 is 5.43 Å². The largest absolute Gasteiger partial charge is 0.319 e. The van der Waals surface area contributed by atoms with E-state index in [0.29, 0.717) is 0 Å². The third kappa shape index (κ3) is 1.34. The second-order valence-corrected chi connectivity index (χ2v) is 2.98. The minimum atomic E-state index is 0.976. The summed E-state index contributed by atoms with van der Waals surface area (Å²) in [5.74, 6) is 0. The Morgan fingerprint density at radius 1 is 1.25 bits per heavy atom. The molecule has 1 aliphatic heterocycles. The van der Waals surface area contributed by atoms with Crippen LogP contribution in [0.5, 0.6) is 0 Å². The smallest absolute Gasteiger partial charge is 0.0536 e. The summed E-state index contributed by atoms with van der Waals surface area (Å²) in [5.41, 5.74) is 5.72. The molecule has 1 aromatic carbocycles. The van der Waals surface area contributed by atoms with E-state index in [1.54, 1.807) is 0 Å². The molecule has 0 aromatic heterocycles. The Morgan fingerprint density at radius 3 is 2.58 bits per heavy atom. The van der Waals surface area contributed by atoms with Crippen LogP contribution in [0.4, 0.5) is 0 Å². The maximum absolute atomic E-state index is 3.26. The molecule has 0 saturated heterocycles. The summed E-state index contributed by atoms with van der Waals surface area (Å²) < 4.78 is 0. The van der Waals surface area contributed by atoms with Crippen molar-refractivity contribution in [1.82, 2.24) is 10.4 Å². The van der Waals surface area contributed by atoms with Gasteiger partial charge in [-0.05, 0) is 11.6 Å². The molecule has 0 atom stereocenters. The van der Waals surface area contributed by atoms with Gasteiger partial charge in [0, 0.05) is 13.6 Å². The van der Waals surface area contributed by atoms with Crippen LogP contribution in [0.25, 0.3) is 5.70 Å². The Labute approximate surface area is 72.5 Å². The number of hydrogen-bond acceptors (Lipinski definition) is 2. The first kappa shape index (κ1) is 7.37. The molecule has 12 heavy (non-hydrogen) atoms. The Kier molecular flexibility index (Phi) is 1.84. The van der Waals surface area contributed by atoms with Gasteiger partial charge in [0.2, 0.25) is 0 Å². The van der Waals surface area contributed by atoms with E-state index in [1.165, 1.54) is 11.3 Å². The maximum Gasteiger partial charge on any atom is 0.0536 e. The van der Waals surface area contributed by atoms with Crippen molar-refractivity contribution in [3.05, 3.63) is 42.0 Å². The summed E-state index contributed by atoms with van der Waals surface area (Å²) in [6.07, 6.45) is 2.19. The summed E-state index contributed by atoms with van der Waals surface area (Å²) >= 11 is 0. The topological polar surface area (TPSA) is 15.3 Å². The van der Waals surface area contributed by atoms with Crippen LogP contribution in [0.15, 0.2) is 36.4 Å². The van der Waals surface area contributed by atoms with E-state index in [9.17, 15) is 0 Å². The average Bonchev–Trinajstić information content (AvgIpc) is 2.54. The van der Waals surface area contributed by atoms with Crippen molar-refractivity contribution in [2.24, 2.45) is 0 Å². The fraction of sp³-hybridized carbons (Fsp3) is 0.200. The summed E-state index contributed by atoms with van der Waals surface area (Å²) in [7, 11) is 2.03. The van der Waals surface area contributed by atoms with Crippen molar-refractivity contribution in [2.45, 2.75) is 0 Å². The van der Waals surface area contributed by atoms with E-state index in [2.05, 4.69) is 40.8 Å². The van der Waals surface area contributed by atoms with Crippen molar-refractivity contribution in [2.75, 3.05) is 13.6 Å². The monoisotopic (exact) mass is 160 g/mol. The molecule has 0 aliphatic carbocycles. The van der Waals surface area contributed by atoms with Gasteiger partial charge in [0.15, 0.2) is 0 Å². The summed E-state index contributed by atoms with van der Waals surface area (Å²) in [5, 5.41) is 2.06. The molecule has 1 N–H and O–H groups in total. The molecule has 2 heteroatoms. The van der Waals surface area contributed by atoms with Crippen LogP contribution < -0.4 is 5.43 Å². The number of rotatable bonds is 1. The van der Waals surface area contributed by atoms with Crippen molar-refractivity contribution >= 4 is 5.70 Å². The van der Waals surface area contributed by atoms with Gasteiger partial charge in [-0.1, -0.05) is 30.3 Å². The average molecular weight is 160 g/mol. The lowest BCUT2D eigenvalue weighted by atomic mass is 10.2. The fourth-order valence-corrected chi connectivity index (χ4v) is 1.33. The lowest BCUT2D eigenvalue weighted by Gasteiger charge is -2.11. The van der Waals surface area contributed by atoms with Gasteiger partial charge in [-0.3, -0.25) is 0 Å². The third-order valence-electron chi connectivity index (χ3n) is 1.97. The van der Waals surface area contributed by atoms with Gasteiger partial charge in [0.05, 0.1) is 5.70 Å². The van der Waals surface area contributed by atoms with Crippen LogP contribution in [0.2, 0.25) is 0 Å². The van der Waals surface area contributed by atoms with Gasteiger partial charge in [0.25, 0.3) is 0 Å². The number of nitrogens with one attached hydrogen (secondary N) is 1. The summed E-state index contributed by atoms with van der Waals surface area (Å²) in [6.45, 7) is 0.976. The van der Waals surface area contributed by atoms with E-state index < -0.39 is 0 Å². The summed E-state index contributed by atoms with van der Waals surface area (Å²) in [4.78, 5) is 0. The fourth-order valence-electron chi connectivity index (χ4n) is 1.33. The van der Waals surface area contributed by atoms with Gasteiger partial charge in [0.1, 0.15) is 0 Å². The van der Waals surface area contributed by atoms with Crippen molar-refractivity contribution in [3.63, 3.8) is 0 Å². The lowest BCUT2D eigenvalue weighted by Crippen LogP contribution is -2.26. The molecule has 2 rings (SSSR count). The first-order valence-electron chi connectivity index (χ1n) is 4.09. The highest BCUT2D eigenvalue weighted by molar-refractivity contribution is 5.64. The standard InChI is InChI=1S/C10H12N2/c1-12-8-7-10(11-12)9-5-3-2-4-6-9/h2-7,11H,8H2,1H3. The minimum Gasteiger partial charge on any atom is -0.319 e. The van der Waals surface area contributed by atoms with E-state index in [0.717, 1.165) is 6.54 Å².